The van der Waals surface area contributed by atoms with E-state index >= 15 is 0 Å². The van der Waals surface area contributed by atoms with E-state index in [0.717, 1.165) is 27.8 Å². The van der Waals surface area contributed by atoms with Gasteiger partial charge in [-0.3, -0.25) is 14.5 Å². The molecule has 38 heavy (non-hydrogen) atoms. The van der Waals surface area contributed by atoms with Crippen molar-refractivity contribution in [1.29, 1.82) is 0 Å². The first-order valence-corrected chi connectivity index (χ1v) is 12.8. The van der Waals surface area contributed by atoms with Crippen LogP contribution < -0.4 is 11.1 Å². The molecule has 2 aliphatic rings. The number of esters is 1. The second-order valence-corrected chi connectivity index (χ2v) is 9.71. The van der Waals surface area contributed by atoms with Crippen LogP contribution in [0.15, 0.2) is 72.8 Å². The number of nitrogens with zero attached hydrogens (tertiary/aromatic N) is 1. The molecule has 0 bridgehead atoms. The second kappa shape index (κ2) is 11.1. The number of benzene rings is 3. The summed E-state index contributed by atoms with van der Waals surface area (Å²) in [5.74, 6) is -0.920. The Labute approximate surface area is 221 Å². The minimum atomic E-state index is -0.845. The molecule has 3 N–H and O–H groups in total. The molecule has 5 rings (SSSR count). The Balaban J connectivity index is 1.31. The van der Waals surface area contributed by atoms with E-state index in [1.54, 1.807) is 12.1 Å². The van der Waals surface area contributed by atoms with E-state index in [9.17, 15) is 14.4 Å². The smallest absolute Gasteiger partial charge is 0.410 e. The molecule has 2 atom stereocenters. The van der Waals surface area contributed by atoms with E-state index in [4.69, 9.17) is 15.2 Å². The van der Waals surface area contributed by atoms with Gasteiger partial charge in [0.05, 0.1) is 13.0 Å². The summed E-state index contributed by atoms with van der Waals surface area (Å²) >= 11 is 0. The lowest BCUT2D eigenvalue weighted by Crippen LogP contribution is -2.43. The lowest BCUT2D eigenvalue weighted by atomic mass is 9.98. The number of hydrogen-bond donors (Lipinski definition) is 2. The summed E-state index contributed by atoms with van der Waals surface area (Å²) in [6.45, 7) is 2.33. The minimum Gasteiger partial charge on any atom is -0.460 e. The van der Waals surface area contributed by atoms with E-state index in [0.29, 0.717) is 5.69 Å². The molecule has 0 spiro atoms. The zero-order valence-electron chi connectivity index (χ0n) is 21.3. The third-order valence-electron chi connectivity index (χ3n) is 7.10. The highest BCUT2D eigenvalue weighted by atomic mass is 16.6. The van der Waals surface area contributed by atoms with Crippen LogP contribution in [-0.2, 0) is 19.1 Å². The SMILES string of the molecule is Cc1ccc(NC(=O)[C@@H]2C[C@@H](OC(=O)CCN)CN2C(=O)OCC2c3ccccc3-c3ccccc32)cc1. The van der Waals surface area contributed by atoms with Gasteiger partial charge in [-0.15, -0.1) is 0 Å². The number of hydrogen-bond acceptors (Lipinski definition) is 6. The second-order valence-electron chi connectivity index (χ2n) is 9.71. The van der Waals surface area contributed by atoms with Crippen molar-refractivity contribution in [2.24, 2.45) is 5.73 Å². The van der Waals surface area contributed by atoms with Crippen LogP contribution in [0.5, 0.6) is 0 Å². The fraction of sp³-hybridized carbons (Fsp3) is 0.300. The molecule has 8 heteroatoms. The van der Waals surface area contributed by atoms with Crippen molar-refractivity contribution in [3.63, 3.8) is 0 Å². The van der Waals surface area contributed by atoms with Gasteiger partial charge in [0.15, 0.2) is 0 Å². The molecular weight excluding hydrogens is 482 g/mol. The van der Waals surface area contributed by atoms with Gasteiger partial charge in [-0.05, 0) is 41.3 Å². The van der Waals surface area contributed by atoms with Crippen LogP contribution in [0.1, 0.15) is 35.4 Å². The maximum atomic E-state index is 13.4. The summed E-state index contributed by atoms with van der Waals surface area (Å²) in [6.07, 6.45) is -0.989. The zero-order chi connectivity index (χ0) is 26.6. The number of nitrogens with two attached hydrogens (primary N) is 1. The molecule has 0 saturated carbocycles. The number of amides is 2. The average molecular weight is 514 g/mol. The van der Waals surface area contributed by atoms with Gasteiger partial charge in [0.2, 0.25) is 5.91 Å². The van der Waals surface area contributed by atoms with Crippen LogP contribution in [0, 0.1) is 6.92 Å². The molecule has 0 aromatic heterocycles. The van der Waals surface area contributed by atoms with Crippen molar-refractivity contribution < 1.29 is 23.9 Å². The third kappa shape index (κ3) is 5.26. The number of likely N-dealkylation sites (tertiary alicyclic amines) is 1. The molecule has 3 aromatic carbocycles. The van der Waals surface area contributed by atoms with Crippen LogP contribution >= 0.6 is 0 Å². The first-order chi connectivity index (χ1) is 18.4. The van der Waals surface area contributed by atoms with Gasteiger partial charge in [0.25, 0.3) is 0 Å². The highest BCUT2D eigenvalue weighted by Gasteiger charge is 2.42. The first kappa shape index (κ1) is 25.5. The van der Waals surface area contributed by atoms with Gasteiger partial charge in [0, 0.05) is 24.6 Å². The number of aryl methyl sites for hydroxylation is 1. The van der Waals surface area contributed by atoms with Crippen molar-refractivity contribution in [2.45, 2.75) is 37.8 Å². The standard InChI is InChI=1S/C30H31N3O5/c1-19-10-12-20(13-11-19)32-29(35)27-16-21(38-28(34)14-15-31)17-33(27)30(36)37-18-26-24-8-4-2-6-22(24)23-7-3-5-9-25(23)26/h2-13,21,26-27H,14-18,31H2,1H3,(H,32,35)/t21-,27+/m1/s1. The zero-order valence-corrected chi connectivity index (χ0v) is 21.3. The molecule has 8 nitrogen and oxygen atoms in total. The van der Waals surface area contributed by atoms with Crippen LogP contribution in [0.4, 0.5) is 10.5 Å². The van der Waals surface area contributed by atoms with Crippen molar-refractivity contribution in [1.82, 2.24) is 4.90 Å². The van der Waals surface area contributed by atoms with Gasteiger partial charge < -0.3 is 20.5 Å². The first-order valence-electron chi connectivity index (χ1n) is 12.8. The highest BCUT2D eigenvalue weighted by molar-refractivity contribution is 5.97. The Kier molecular flexibility index (Phi) is 7.42. The van der Waals surface area contributed by atoms with E-state index in [1.165, 1.54) is 4.90 Å². The van der Waals surface area contributed by atoms with Gasteiger partial charge in [-0.1, -0.05) is 66.2 Å². The molecule has 0 unspecified atom stereocenters. The Morgan fingerprint density at radius 1 is 0.947 bits per heavy atom. The molecule has 0 radical (unpaired) electrons. The van der Waals surface area contributed by atoms with Crippen LogP contribution in [0.2, 0.25) is 0 Å². The average Bonchev–Trinajstić information content (AvgIpc) is 3.48. The highest BCUT2D eigenvalue weighted by Crippen LogP contribution is 2.44. The predicted octanol–water partition coefficient (Wildman–Crippen LogP) is 4.22. The van der Waals surface area contributed by atoms with Gasteiger partial charge in [0.1, 0.15) is 18.8 Å². The molecule has 1 aliphatic carbocycles. The maximum Gasteiger partial charge on any atom is 0.410 e. The summed E-state index contributed by atoms with van der Waals surface area (Å²) < 4.78 is 11.3. The third-order valence-corrected chi connectivity index (χ3v) is 7.10. The normalized spacial score (nSPS) is 18.0. The van der Waals surface area contributed by atoms with E-state index in [2.05, 4.69) is 29.6 Å². The quantitative estimate of drug-likeness (QED) is 0.458. The Morgan fingerprint density at radius 2 is 1.58 bits per heavy atom. The lowest BCUT2D eigenvalue weighted by molar-refractivity contribution is -0.148. The molecule has 2 amide bonds. The lowest BCUT2D eigenvalue weighted by Gasteiger charge is -2.24. The van der Waals surface area contributed by atoms with E-state index in [1.807, 2.05) is 43.3 Å². The fourth-order valence-electron chi connectivity index (χ4n) is 5.24. The summed E-state index contributed by atoms with van der Waals surface area (Å²) in [6, 6.07) is 22.7. The number of carbonyl (C=O) groups is 3. The molecule has 1 aliphatic heterocycles. The molecule has 196 valence electrons. The summed E-state index contributed by atoms with van der Waals surface area (Å²) in [7, 11) is 0. The van der Waals surface area contributed by atoms with Crippen LogP contribution in [-0.4, -0.2) is 54.7 Å². The number of carbonyl (C=O) groups excluding carboxylic acids is 3. The Hall–Kier alpha value is -4.17. The number of ether oxygens (including phenoxy) is 2. The Morgan fingerprint density at radius 3 is 2.21 bits per heavy atom. The van der Waals surface area contributed by atoms with Crippen molar-refractivity contribution in [3.8, 4) is 11.1 Å². The number of nitrogens with one attached hydrogen (secondary N) is 1. The van der Waals surface area contributed by atoms with Crippen molar-refractivity contribution in [2.75, 3.05) is 25.0 Å². The monoisotopic (exact) mass is 513 g/mol. The van der Waals surface area contributed by atoms with Gasteiger partial charge >= 0.3 is 12.1 Å². The number of fused-ring (bicyclic) bond motifs is 3. The molecule has 1 saturated heterocycles. The fourth-order valence-corrected chi connectivity index (χ4v) is 5.24. The Bertz CT molecular complexity index is 1290. The van der Waals surface area contributed by atoms with Gasteiger partial charge in [-0.2, -0.15) is 0 Å². The molecule has 3 aromatic rings. The topological polar surface area (TPSA) is 111 Å². The summed E-state index contributed by atoms with van der Waals surface area (Å²) in [5.41, 5.74) is 11.6. The molecule has 1 fully saturated rings. The number of rotatable bonds is 7. The minimum absolute atomic E-state index is 0.0684. The maximum absolute atomic E-state index is 13.4. The summed E-state index contributed by atoms with van der Waals surface area (Å²) in [5, 5.41) is 2.87. The largest absolute Gasteiger partial charge is 0.460 e. The molecular formula is C30H31N3O5. The van der Waals surface area contributed by atoms with E-state index in [-0.39, 0.29) is 44.4 Å². The number of anilines is 1. The predicted molar refractivity (Wildman–Crippen MR) is 144 cm³/mol. The summed E-state index contributed by atoms with van der Waals surface area (Å²) in [4.78, 5) is 40.0. The van der Waals surface area contributed by atoms with Crippen molar-refractivity contribution in [3.05, 3.63) is 89.5 Å². The van der Waals surface area contributed by atoms with E-state index < -0.39 is 24.2 Å². The van der Waals surface area contributed by atoms with Crippen LogP contribution in [0.3, 0.4) is 0 Å². The van der Waals surface area contributed by atoms with Crippen molar-refractivity contribution >= 4 is 23.7 Å². The van der Waals surface area contributed by atoms with Crippen LogP contribution in [0.25, 0.3) is 11.1 Å². The molecule has 1 heterocycles. The van der Waals surface area contributed by atoms with Gasteiger partial charge in [-0.25, -0.2) is 4.79 Å².